The average Bonchev–Trinajstić information content (AvgIpc) is 3.54. The Kier molecular flexibility index (Phi) is 5.18. The molecule has 2 aromatic heterocycles. The van der Waals surface area contributed by atoms with Crippen molar-refractivity contribution in [2.45, 2.75) is 18.9 Å². The second kappa shape index (κ2) is 8.29. The Hall–Kier alpha value is -3.95. The van der Waals surface area contributed by atoms with Crippen LogP contribution in [0.2, 0.25) is 0 Å². The molecule has 0 unspecified atom stereocenters. The third kappa shape index (κ3) is 3.86. The molecule has 10 heteroatoms. The molecule has 3 aromatic rings. The van der Waals surface area contributed by atoms with Gasteiger partial charge in [0.25, 0.3) is 5.88 Å². The zero-order chi connectivity index (χ0) is 22.1. The summed E-state index contributed by atoms with van der Waals surface area (Å²) in [6, 6.07) is 9.52. The third-order valence-corrected chi connectivity index (χ3v) is 5.38. The van der Waals surface area contributed by atoms with E-state index in [9.17, 15) is 14.0 Å². The van der Waals surface area contributed by atoms with Gasteiger partial charge in [-0.1, -0.05) is 0 Å². The zero-order valence-corrected chi connectivity index (χ0v) is 16.9. The van der Waals surface area contributed by atoms with Gasteiger partial charge in [0.2, 0.25) is 5.91 Å². The molecule has 0 N–H and O–H groups in total. The van der Waals surface area contributed by atoms with Gasteiger partial charge in [0, 0.05) is 36.4 Å². The molecule has 9 nitrogen and oxygen atoms in total. The maximum Gasteiger partial charge on any atom is 0.414 e. The van der Waals surface area contributed by atoms with Crippen LogP contribution in [-0.4, -0.2) is 47.9 Å². The van der Waals surface area contributed by atoms with Gasteiger partial charge in [-0.05, 0) is 41.9 Å². The van der Waals surface area contributed by atoms with Gasteiger partial charge >= 0.3 is 6.09 Å². The van der Waals surface area contributed by atoms with Crippen molar-refractivity contribution in [3.63, 3.8) is 0 Å². The van der Waals surface area contributed by atoms with Crippen molar-refractivity contribution in [3.8, 4) is 17.0 Å². The normalized spacial score (nSPS) is 18.3. The molecule has 5 rings (SSSR count). The summed E-state index contributed by atoms with van der Waals surface area (Å²) in [6.45, 7) is 0.966. The number of pyridine rings is 1. The number of carbonyl (C=O) groups excluding carboxylic acids is 2. The largest absolute Gasteiger partial charge is 0.471 e. The monoisotopic (exact) mass is 438 g/mol. The van der Waals surface area contributed by atoms with E-state index in [2.05, 4.69) is 14.7 Å². The molecular formula is C22H19FN4O5. The van der Waals surface area contributed by atoms with Crippen LogP contribution in [0.25, 0.3) is 11.1 Å². The van der Waals surface area contributed by atoms with Crippen LogP contribution in [0.1, 0.15) is 12.8 Å². The second-order valence-corrected chi connectivity index (χ2v) is 7.48. The molecule has 4 heterocycles. The summed E-state index contributed by atoms with van der Waals surface area (Å²) in [5, 5.41) is 3.63. The van der Waals surface area contributed by atoms with Crippen molar-refractivity contribution in [2.24, 2.45) is 0 Å². The Balaban J connectivity index is 1.28. The lowest BCUT2D eigenvalue weighted by molar-refractivity contribution is -0.117. The van der Waals surface area contributed by atoms with Crippen LogP contribution in [0, 0.1) is 5.82 Å². The summed E-state index contributed by atoms with van der Waals surface area (Å²) in [5.41, 5.74) is 1.30. The minimum absolute atomic E-state index is 0.0445. The molecule has 1 aromatic carbocycles. The van der Waals surface area contributed by atoms with Crippen LogP contribution in [0.3, 0.4) is 0 Å². The van der Waals surface area contributed by atoms with Gasteiger partial charge in [0.15, 0.2) is 6.10 Å². The molecule has 0 spiro atoms. The molecule has 2 amide bonds. The Morgan fingerprint density at radius 2 is 2.06 bits per heavy atom. The number of anilines is 2. The van der Waals surface area contributed by atoms with E-state index in [1.54, 1.807) is 41.4 Å². The standard InChI is InChI=1S/C22H19FN4O5/c23-18-10-15(27-12-16(32-22(27)29)13-30-20-7-9-31-25-20)4-5-17(18)14-3-6-19(24-11-14)26-8-1-2-21(26)28/h3-7,9-11,16H,1-2,8,12-13H2/t16-/m1/s1. The van der Waals surface area contributed by atoms with Crippen LogP contribution in [-0.2, 0) is 9.53 Å². The molecule has 2 aliphatic rings. The number of amides is 2. The van der Waals surface area contributed by atoms with E-state index in [1.165, 1.54) is 17.2 Å². The molecule has 1 atom stereocenters. The third-order valence-electron chi connectivity index (χ3n) is 5.38. The summed E-state index contributed by atoms with van der Waals surface area (Å²) in [5.74, 6) is 0.406. The van der Waals surface area contributed by atoms with Gasteiger partial charge in [-0.2, -0.15) is 0 Å². The SMILES string of the molecule is O=C1O[C@@H](COc2ccon2)CN1c1ccc(-c2ccc(N3CCCC3=O)nc2)c(F)c1. The van der Waals surface area contributed by atoms with E-state index in [1.807, 2.05) is 0 Å². The van der Waals surface area contributed by atoms with E-state index < -0.39 is 18.0 Å². The van der Waals surface area contributed by atoms with Crippen molar-refractivity contribution < 1.29 is 28.0 Å². The lowest BCUT2D eigenvalue weighted by Crippen LogP contribution is -2.26. The van der Waals surface area contributed by atoms with Crippen molar-refractivity contribution in [3.05, 3.63) is 54.7 Å². The first-order chi connectivity index (χ1) is 15.6. The number of rotatable bonds is 6. The van der Waals surface area contributed by atoms with Gasteiger partial charge in [-0.3, -0.25) is 14.6 Å². The van der Waals surface area contributed by atoms with E-state index in [-0.39, 0.29) is 19.1 Å². The number of ether oxygens (including phenoxy) is 2. The maximum atomic E-state index is 14.9. The first-order valence-corrected chi connectivity index (χ1v) is 10.2. The summed E-state index contributed by atoms with van der Waals surface area (Å²) in [7, 11) is 0. The quantitative estimate of drug-likeness (QED) is 0.582. The molecular weight excluding hydrogens is 419 g/mol. The first kappa shape index (κ1) is 20.0. The minimum Gasteiger partial charge on any atom is -0.471 e. The fourth-order valence-electron chi connectivity index (χ4n) is 3.77. The van der Waals surface area contributed by atoms with Crippen molar-refractivity contribution in [1.82, 2.24) is 10.1 Å². The van der Waals surface area contributed by atoms with Crippen LogP contribution in [0.4, 0.5) is 20.7 Å². The smallest absolute Gasteiger partial charge is 0.414 e. The van der Waals surface area contributed by atoms with Crippen LogP contribution < -0.4 is 14.5 Å². The van der Waals surface area contributed by atoms with E-state index in [4.69, 9.17) is 9.47 Å². The lowest BCUT2D eigenvalue weighted by Gasteiger charge is -2.16. The highest BCUT2D eigenvalue weighted by atomic mass is 19.1. The Labute approximate surface area is 182 Å². The molecule has 2 saturated heterocycles. The lowest BCUT2D eigenvalue weighted by atomic mass is 10.1. The van der Waals surface area contributed by atoms with E-state index >= 15 is 0 Å². The van der Waals surface area contributed by atoms with Gasteiger partial charge in [-0.25, -0.2) is 14.2 Å². The average molecular weight is 438 g/mol. The minimum atomic E-state index is -0.577. The first-order valence-electron chi connectivity index (χ1n) is 10.2. The summed E-state index contributed by atoms with van der Waals surface area (Å²) < 4.78 is 30.3. The predicted octanol–water partition coefficient (Wildman–Crippen LogP) is 3.41. The highest BCUT2D eigenvalue weighted by molar-refractivity contribution is 5.94. The molecule has 32 heavy (non-hydrogen) atoms. The number of aromatic nitrogens is 2. The Morgan fingerprint density at radius 3 is 2.75 bits per heavy atom. The number of halogens is 1. The van der Waals surface area contributed by atoms with Gasteiger partial charge in [0.05, 0.1) is 12.2 Å². The predicted molar refractivity (Wildman–Crippen MR) is 111 cm³/mol. The number of nitrogens with zero attached hydrogens (tertiary/aromatic N) is 4. The number of cyclic esters (lactones) is 1. The molecule has 164 valence electrons. The van der Waals surface area contributed by atoms with Crippen molar-refractivity contribution >= 4 is 23.5 Å². The molecule has 0 saturated carbocycles. The molecule has 2 fully saturated rings. The Bertz CT molecular complexity index is 1140. The van der Waals surface area contributed by atoms with Gasteiger partial charge < -0.3 is 14.0 Å². The maximum absolute atomic E-state index is 14.9. The zero-order valence-electron chi connectivity index (χ0n) is 16.9. The molecule has 0 bridgehead atoms. The molecule has 0 radical (unpaired) electrons. The van der Waals surface area contributed by atoms with Crippen molar-refractivity contribution in [1.29, 1.82) is 0 Å². The van der Waals surface area contributed by atoms with E-state index in [0.29, 0.717) is 41.5 Å². The number of hydrogen-bond donors (Lipinski definition) is 0. The van der Waals surface area contributed by atoms with Crippen LogP contribution in [0.15, 0.2) is 53.4 Å². The fourth-order valence-corrected chi connectivity index (χ4v) is 3.77. The number of carbonyl (C=O) groups is 2. The van der Waals surface area contributed by atoms with Crippen LogP contribution >= 0.6 is 0 Å². The number of benzene rings is 1. The highest BCUT2D eigenvalue weighted by Crippen LogP contribution is 2.30. The summed E-state index contributed by atoms with van der Waals surface area (Å²) in [4.78, 5) is 31.4. The second-order valence-electron chi connectivity index (χ2n) is 7.48. The van der Waals surface area contributed by atoms with Gasteiger partial charge in [-0.15, -0.1) is 0 Å². The fraction of sp³-hybridized carbons (Fsp3) is 0.273. The highest BCUT2D eigenvalue weighted by Gasteiger charge is 2.33. The summed E-state index contributed by atoms with van der Waals surface area (Å²) >= 11 is 0. The Morgan fingerprint density at radius 1 is 1.16 bits per heavy atom. The van der Waals surface area contributed by atoms with E-state index in [0.717, 1.165) is 6.42 Å². The summed E-state index contributed by atoms with van der Waals surface area (Å²) in [6.07, 6.45) is 3.15. The van der Waals surface area contributed by atoms with Crippen molar-refractivity contribution in [2.75, 3.05) is 29.5 Å². The van der Waals surface area contributed by atoms with Gasteiger partial charge in [0.1, 0.15) is 24.5 Å². The molecule has 2 aliphatic heterocycles. The topological polar surface area (TPSA) is 98.0 Å². The number of hydrogen-bond acceptors (Lipinski definition) is 7. The molecule has 0 aliphatic carbocycles. The van der Waals surface area contributed by atoms with Crippen LogP contribution in [0.5, 0.6) is 5.88 Å².